The molecule has 1 saturated carbocycles. The first-order valence-electron chi connectivity index (χ1n) is 8.06. The number of nitrogens with zero attached hydrogens (tertiary/aromatic N) is 1. The quantitative estimate of drug-likeness (QED) is 0.264. The highest BCUT2D eigenvalue weighted by molar-refractivity contribution is 14.0. The van der Waals surface area contributed by atoms with E-state index in [1.165, 1.54) is 12.8 Å². The first kappa shape index (κ1) is 19.0. The molecule has 2 rings (SSSR count). The predicted octanol–water partition coefficient (Wildman–Crippen LogP) is 2.01. The van der Waals surface area contributed by atoms with E-state index in [1.807, 2.05) is 0 Å². The number of guanidine groups is 1. The zero-order valence-electron chi connectivity index (χ0n) is 13.1. The normalized spacial score (nSPS) is 22.0. The van der Waals surface area contributed by atoms with Crippen LogP contribution in [0.15, 0.2) is 4.99 Å². The number of hydrogen-bond acceptors (Lipinski definition) is 3. The summed E-state index contributed by atoms with van der Waals surface area (Å²) in [6.45, 7) is 8.32. The lowest BCUT2D eigenvalue weighted by atomic mass is 10.1. The van der Waals surface area contributed by atoms with E-state index in [9.17, 15) is 0 Å². The second-order valence-corrected chi connectivity index (χ2v) is 5.75. The van der Waals surface area contributed by atoms with Crippen molar-refractivity contribution >= 4 is 29.9 Å². The summed E-state index contributed by atoms with van der Waals surface area (Å²) in [5, 5.41) is 6.65. The van der Waals surface area contributed by atoms with Crippen LogP contribution in [0.2, 0.25) is 0 Å². The van der Waals surface area contributed by atoms with Crippen LogP contribution in [0.1, 0.15) is 32.6 Å². The smallest absolute Gasteiger partial charge is 0.191 e. The Balaban J connectivity index is 0.00000220. The molecular weight excluding hydrogens is 381 g/mol. The highest BCUT2D eigenvalue weighted by atomic mass is 127. The van der Waals surface area contributed by atoms with Crippen molar-refractivity contribution in [1.82, 2.24) is 10.6 Å². The lowest BCUT2D eigenvalue weighted by Gasteiger charge is -2.12. The fourth-order valence-electron chi connectivity index (χ4n) is 2.21. The molecule has 0 aromatic carbocycles. The third kappa shape index (κ3) is 8.83. The number of hydrogen-bond donors (Lipinski definition) is 2. The average Bonchev–Trinajstić information content (AvgIpc) is 3.14. The predicted molar refractivity (Wildman–Crippen MR) is 96.5 cm³/mol. The van der Waals surface area contributed by atoms with Gasteiger partial charge in [-0.05, 0) is 38.5 Å². The van der Waals surface area contributed by atoms with Gasteiger partial charge in [0.2, 0.25) is 0 Å². The molecule has 1 atom stereocenters. The monoisotopic (exact) mass is 411 g/mol. The van der Waals surface area contributed by atoms with Gasteiger partial charge in [-0.25, -0.2) is 0 Å². The molecule has 0 spiro atoms. The maximum atomic E-state index is 5.69. The highest BCUT2D eigenvalue weighted by Crippen LogP contribution is 2.28. The molecule has 5 nitrogen and oxygen atoms in total. The van der Waals surface area contributed by atoms with Crippen LogP contribution in [-0.2, 0) is 9.47 Å². The topological polar surface area (TPSA) is 54.9 Å². The zero-order chi connectivity index (χ0) is 14.0. The molecule has 2 fully saturated rings. The minimum absolute atomic E-state index is 0. The molecule has 6 heteroatoms. The van der Waals surface area contributed by atoms with Crippen molar-refractivity contribution in [3.05, 3.63) is 0 Å². The molecule has 1 heterocycles. The Morgan fingerprint density at radius 1 is 1.24 bits per heavy atom. The second-order valence-electron chi connectivity index (χ2n) is 5.75. The van der Waals surface area contributed by atoms with E-state index in [1.54, 1.807) is 0 Å². The standard InChI is InChI=1S/C15H29N3O2.HI/c1-2-16-15(18-10-13-4-5-13)17-7-3-8-19-11-14-6-9-20-12-14;/h13-14H,2-12H2,1H3,(H2,16,17,18);1H. The molecule has 2 N–H and O–H groups in total. The van der Waals surface area contributed by atoms with Crippen LogP contribution < -0.4 is 10.6 Å². The van der Waals surface area contributed by atoms with Crippen molar-refractivity contribution in [1.29, 1.82) is 0 Å². The largest absolute Gasteiger partial charge is 0.381 e. The van der Waals surface area contributed by atoms with Crippen molar-refractivity contribution < 1.29 is 9.47 Å². The molecule has 0 radical (unpaired) electrons. The molecule has 1 aliphatic heterocycles. The molecular formula is C15H30IN3O2. The van der Waals surface area contributed by atoms with Gasteiger partial charge >= 0.3 is 0 Å². The molecule has 0 aromatic heterocycles. The summed E-state index contributed by atoms with van der Waals surface area (Å²) in [6.07, 6.45) is 4.86. The van der Waals surface area contributed by atoms with Crippen molar-refractivity contribution in [2.75, 3.05) is 46.1 Å². The fraction of sp³-hybridized carbons (Fsp3) is 0.933. The van der Waals surface area contributed by atoms with Gasteiger partial charge in [-0.3, -0.25) is 4.99 Å². The summed E-state index contributed by atoms with van der Waals surface area (Å²) in [5.74, 6) is 2.39. The van der Waals surface area contributed by atoms with E-state index < -0.39 is 0 Å². The second kappa shape index (κ2) is 11.5. The van der Waals surface area contributed by atoms with E-state index in [4.69, 9.17) is 9.47 Å². The maximum absolute atomic E-state index is 5.69. The fourth-order valence-corrected chi connectivity index (χ4v) is 2.21. The van der Waals surface area contributed by atoms with Crippen LogP contribution >= 0.6 is 24.0 Å². The van der Waals surface area contributed by atoms with Gasteiger partial charge in [-0.15, -0.1) is 24.0 Å². The van der Waals surface area contributed by atoms with Gasteiger partial charge in [-0.1, -0.05) is 0 Å². The molecule has 0 bridgehead atoms. The van der Waals surface area contributed by atoms with E-state index in [0.717, 1.165) is 70.8 Å². The Morgan fingerprint density at radius 2 is 2.10 bits per heavy atom. The number of halogens is 1. The van der Waals surface area contributed by atoms with Gasteiger partial charge in [0.25, 0.3) is 0 Å². The van der Waals surface area contributed by atoms with Crippen molar-refractivity contribution in [3.8, 4) is 0 Å². The van der Waals surface area contributed by atoms with Gasteiger partial charge in [0.15, 0.2) is 5.96 Å². The van der Waals surface area contributed by atoms with E-state index in [-0.39, 0.29) is 24.0 Å². The van der Waals surface area contributed by atoms with E-state index in [2.05, 4.69) is 22.5 Å². The summed E-state index contributed by atoms with van der Waals surface area (Å²) >= 11 is 0. The maximum Gasteiger partial charge on any atom is 0.191 e. The lowest BCUT2D eigenvalue weighted by molar-refractivity contribution is 0.0888. The summed E-state index contributed by atoms with van der Waals surface area (Å²) in [5.41, 5.74) is 0. The van der Waals surface area contributed by atoms with Crippen LogP contribution in [0, 0.1) is 11.8 Å². The van der Waals surface area contributed by atoms with Crippen LogP contribution in [0.3, 0.4) is 0 Å². The molecule has 1 aliphatic carbocycles. The molecule has 0 amide bonds. The third-order valence-electron chi connectivity index (χ3n) is 3.68. The van der Waals surface area contributed by atoms with Gasteiger partial charge < -0.3 is 20.1 Å². The van der Waals surface area contributed by atoms with E-state index >= 15 is 0 Å². The molecule has 21 heavy (non-hydrogen) atoms. The van der Waals surface area contributed by atoms with Crippen LogP contribution in [0.4, 0.5) is 0 Å². The SMILES string of the molecule is CCNC(=NCC1CC1)NCCCOCC1CCOC1.I. The molecule has 0 aromatic rings. The number of aliphatic imine (C=N–C) groups is 1. The van der Waals surface area contributed by atoms with Crippen molar-refractivity contribution in [3.63, 3.8) is 0 Å². The molecule has 1 unspecified atom stereocenters. The Labute approximate surface area is 145 Å². The molecule has 1 saturated heterocycles. The zero-order valence-corrected chi connectivity index (χ0v) is 15.4. The number of nitrogens with one attached hydrogen (secondary N) is 2. The Morgan fingerprint density at radius 3 is 2.76 bits per heavy atom. The first-order chi connectivity index (χ1) is 9.88. The molecule has 2 aliphatic rings. The van der Waals surface area contributed by atoms with Crippen LogP contribution in [0.5, 0.6) is 0 Å². The average molecular weight is 411 g/mol. The summed E-state index contributed by atoms with van der Waals surface area (Å²) in [6, 6.07) is 0. The number of ether oxygens (including phenoxy) is 2. The van der Waals surface area contributed by atoms with Crippen molar-refractivity contribution in [2.24, 2.45) is 16.8 Å². The Bertz CT molecular complexity index is 293. The van der Waals surface area contributed by atoms with Crippen LogP contribution in [0.25, 0.3) is 0 Å². The van der Waals surface area contributed by atoms with Gasteiger partial charge in [0.1, 0.15) is 0 Å². The number of rotatable bonds is 9. The van der Waals surface area contributed by atoms with E-state index in [0.29, 0.717) is 5.92 Å². The summed E-state index contributed by atoms with van der Waals surface area (Å²) < 4.78 is 11.0. The molecule has 124 valence electrons. The summed E-state index contributed by atoms with van der Waals surface area (Å²) in [7, 11) is 0. The van der Waals surface area contributed by atoms with Crippen LogP contribution in [-0.4, -0.2) is 52.0 Å². The minimum atomic E-state index is 0. The summed E-state index contributed by atoms with van der Waals surface area (Å²) in [4.78, 5) is 4.59. The Hall–Kier alpha value is -0.0800. The van der Waals surface area contributed by atoms with Gasteiger partial charge in [-0.2, -0.15) is 0 Å². The van der Waals surface area contributed by atoms with Gasteiger partial charge in [0.05, 0.1) is 13.2 Å². The highest BCUT2D eigenvalue weighted by Gasteiger charge is 2.20. The third-order valence-corrected chi connectivity index (χ3v) is 3.68. The lowest BCUT2D eigenvalue weighted by Crippen LogP contribution is -2.38. The van der Waals surface area contributed by atoms with Gasteiger partial charge in [0, 0.05) is 38.8 Å². The Kier molecular flexibility index (Phi) is 10.4. The first-order valence-corrected chi connectivity index (χ1v) is 8.06. The minimum Gasteiger partial charge on any atom is -0.381 e. The van der Waals surface area contributed by atoms with Crippen molar-refractivity contribution in [2.45, 2.75) is 32.6 Å².